The van der Waals surface area contributed by atoms with Crippen LogP contribution in [-0.4, -0.2) is 43.3 Å². The molecule has 0 bridgehead atoms. The van der Waals surface area contributed by atoms with Crippen molar-refractivity contribution in [2.24, 2.45) is 0 Å². The molecule has 0 saturated heterocycles. The van der Waals surface area contributed by atoms with Crippen LogP contribution in [0.15, 0.2) is 23.4 Å². The van der Waals surface area contributed by atoms with Gasteiger partial charge in [-0.15, -0.1) is 11.8 Å². The zero-order valence-corrected chi connectivity index (χ0v) is 11.3. The van der Waals surface area contributed by atoms with Gasteiger partial charge in [-0.25, -0.2) is 4.98 Å². The van der Waals surface area contributed by atoms with E-state index in [1.165, 1.54) is 5.56 Å². The molecule has 0 aliphatic rings. The molecule has 1 aromatic heterocycles. The molecule has 90 valence electrons. The molecule has 0 amide bonds. The number of thioether (sulfide) groups is 1. The first-order valence-electron chi connectivity index (χ1n) is 5.54. The van der Waals surface area contributed by atoms with Crippen molar-refractivity contribution in [3.8, 4) is 0 Å². The summed E-state index contributed by atoms with van der Waals surface area (Å²) in [6, 6.07) is 4.62. The fourth-order valence-corrected chi connectivity index (χ4v) is 2.29. The van der Waals surface area contributed by atoms with Gasteiger partial charge in [-0.3, -0.25) is 0 Å². The molecule has 4 heteroatoms. The second-order valence-corrected chi connectivity index (χ2v) is 5.20. The first-order valence-corrected chi connectivity index (χ1v) is 6.52. The van der Waals surface area contributed by atoms with Crippen molar-refractivity contribution >= 4 is 11.8 Å². The van der Waals surface area contributed by atoms with Crippen LogP contribution in [-0.2, 0) is 0 Å². The largest absolute Gasteiger partial charge is 0.313 e. The van der Waals surface area contributed by atoms with E-state index >= 15 is 0 Å². The van der Waals surface area contributed by atoms with E-state index in [0.29, 0.717) is 6.04 Å². The number of rotatable bonds is 6. The Bertz CT molecular complexity index is 315. The maximum Gasteiger partial charge on any atom is 0.0963 e. The van der Waals surface area contributed by atoms with Crippen molar-refractivity contribution in [1.29, 1.82) is 0 Å². The van der Waals surface area contributed by atoms with Gasteiger partial charge in [0.25, 0.3) is 0 Å². The van der Waals surface area contributed by atoms with Crippen LogP contribution in [0.2, 0.25) is 0 Å². The van der Waals surface area contributed by atoms with Crippen LogP contribution in [0.4, 0.5) is 0 Å². The molecular formula is C12H21N3S. The fraction of sp³-hybridized carbons (Fsp3) is 0.583. The predicted molar refractivity (Wildman–Crippen MR) is 71.0 cm³/mol. The Morgan fingerprint density at radius 2 is 2.25 bits per heavy atom. The molecule has 0 fully saturated rings. The number of pyridine rings is 1. The highest BCUT2D eigenvalue weighted by Crippen LogP contribution is 2.19. The zero-order chi connectivity index (χ0) is 12.0. The smallest absolute Gasteiger partial charge is 0.0963 e. The van der Waals surface area contributed by atoms with Crippen LogP contribution < -0.4 is 5.32 Å². The molecule has 0 saturated carbocycles. The summed E-state index contributed by atoms with van der Waals surface area (Å²) in [6.07, 6.45) is 1.89. The van der Waals surface area contributed by atoms with Crippen LogP contribution in [0.3, 0.4) is 0 Å². The van der Waals surface area contributed by atoms with E-state index in [-0.39, 0.29) is 0 Å². The normalized spacial score (nSPS) is 13.1. The topological polar surface area (TPSA) is 28.2 Å². The van der Waals surface area contributed by atoms with Crippen molar-refractivity contribution in [2.75, 3.05) is 33.4 Å². The Balaban J connectivity index is 2.54. The molecule has 3 nitrogen and oxygen atoms in total. The number of hydrogen-bond acceptors (Lipinski definition) is 4. The van der Waals surface area contributed by atoms with E-state index in [1.54, 1.807) is 0 Å². The highest BCUT2D eigenvalue weighted by Gasteiger charge is 2.04. The highest BCUT2D eigenvalue weighted by molar-refractivity contribution is 7.99. The van der Waals surface area contributed by atoms with Gasteiger partial charge in [0.15, 0.2) is 0 Å². The molecule has 1 unspecified atom stereocenters. The average Bonchev–Trinajstić information content (AvgIpc) is 2.28. The van der Waals surface area contributed by atoms with E-state index in [1.807, 2.05) is 25.0 Å². The zero-order valence-electron chi connectivity index (χ0n) is 10.5. The molecule has 1 aromatic rings. The van der Waals surface area contributed by atoms with Crippen molar-refractivity contribution in [2.45, 2.75) is 18.0 Å². The Morgan fingerprint density at radius 3 is 2.88 bits per heavy atom. The maximum atomic E-state index is 4.37. The number of nitrogens with zero attached hydrogens (tertiary/aromatic N) is 2. The fourth-order valence-electron chi connectivity index (χ4n) is 1.27. The number of nitrogens with one attached hydrogen (secondary N) is 1. The molecular weight excluding hydrogens is 218 g/mol. The van der Waals surface area contributed by atoms with Crippen molar-refractivity contribution < 1.29 is 0 Å². The van der Waals surface area contributed by atoms with Gasteiger partial charge in [0, 0.05) is 24.5 Å². The van der Waals surface area contributed by atoms with Gasteiger partial charge in [0.05, 0.1) is 5.03 Å². The molecule has 1 N–H and O–H groups in total. The van der Waals surface area contributed by atoms with Gasteiger partial charge in [-0.2, -0.15) is 0 Å². The molecule has 0 aliphatic heterocycles. The van der Waals surface area contributed by atoms with Crippen molar-refractivity contribution in [3.05, 3.63) is 23.9 Å². The van der Waals surface area contributed by atoms with E-state index in [2.05, 4.69) is 48.4 Å². The lowest BCUT2D eigenvalue weighted by atomic mass is 10.1. The van der Waals surface area contributed by atoms with E-state index in [4.69, 9.17) is 0 Å². The lowest BCUT2D eigenvalue weighted by Crippen LogP contribution is -2.15. The minimum atomic E-state index is 0.385. The minimum absolute atomic E-state index is 0.385. The Hall–Kier alpha value is -0.580. The van der Waals surface area contributed by atoms with Crippen molar-refractivity contribution in [1.82, 2.24) is 15.2 Å². The maximum absolute atomic E-state index is 4.37. The van der Waals surface area contributed by atoms with Gasteiger partial charge in [-0.1, -0.05) is 0 Å². The van der Waals surface area contributed by atoms with Crippen LogP contribution >= 0.6 is 11.8 Å². The quantitative estimate of drug-likeness (QED) is 0.769. The molecule has 1 heterocycles. The predicted octanol–water partition coefficient (Wildman–Crippen LogP) is 2.02. The van der Waals surface area contributed by atoms with Gasteiger partial charge in [0.1, 0.15) is 0 Å². The molecule has 0 radical (unpaired) electrons. The van der Waals surface area contributed by atoms with Crippen LogP contribution in [0.5, 0.6) is 0 Å². The Labute approximate surface area is 103 Å². The molecule has 0 spiro atoms. The highest BCUT2D eigenvalue weighted by atomic mass is 32.2. The summed E-state index contributed by atoms with van der Waals surface area (Å²) in [5, 5.41) is 4.35. The van der Waals surface area contributed by atoms with Gasteiger partial charge >= 0.3 is 0 Å². The van der Waals surface area contributed by atoms with Gasteiger partial charge in [-0.05, 0) is 45.8 Å². The summed E-state index contributed by atoms with van der Waals surface area (Å²) in [5.41, 5.74) is 1.30. The van der Waals surface area contributed by atoms with E-state index in [0.717, 1.165) is 17.3 Å². The van der Waals surface area contributed by atoms with E-state index < -0.39 is 0 Å². The average molecular weight is 239 g/mol. The van der Waals surface area contributed by atoms with Crippen LogP contribution in [0.1, 0.15) is 18.5 Å². The summed E-state index contributed by atoms with van der Waals surface area (Å²) in [7, 11) is 6.16. The summed E-state index contributed by atoms with van der Waals surface area (Å²) >= 11 is 1.81. The first-order chi connectivity index (χ1) is 7.63. The summed E-state index contributed by atoms with van der Waals surface area (Å²) in [4.78, 5) is 6.56. The lowest BCUT2D eigenvalue weighted by molar-refractivity contribution is 0.437. The second kappa shape index (κ2) is 6.89. The van der Waals surface area contributed by atoms with Gasteiger partial charge in [0.2, 0.25) is 0 Å². The molecule has 1 atom stereocenters. The SMILES string of the molecule is CNC(C)c1ccnc(SCCN(C)C)c1. The minimum Gasteiger partial charge on any atom is -0.313 e. The third-order valence-electron chi connectivity index (χ3n) is 2.48. The van der Waals surface area contributed by atoms with Crippen LogP contribution in [0, 0.1) is 0 Å². The first kappa shape index (κ1) is 13.5. The Kier molecular flexibility index (Phi) is 5.80. The second-order valence-electron chi connectivity index (χ2n) is 4.09. The third-order valence-corrected chi connectivity index (χ3v) is 3.39. The summed E-state index contributed by atoms with van der Waals surface area (Å²) < 4.78 is 0. The molecule has 0 aliphatic carbocycles. The Morgan fingerprint density at radius 1 is 1.50 bits per heavy atom. The van der Waals surface area contributed by atoms with Gasteiger partial charge < -0.3 is 10.2 Å². The standard InChI is InChI=1S/C12H21N3S/c1-10(13-2)11-5-6-14-12(9-11)16-8-7-15(3)4/h5-6,9-10,13H,7-8H2,1-4H3. The lowest BCUT2D eigenvalue weighted by Gasteiger charge is -2.12. The third kappa shape index (κ3) is 4.51. The molecule has 1 rings (SSSR count). The molecule has 16 heavy (non-hydrogen) atoms. The monoisotopic (exact) mass is 239 g/mol. The summed E-state index contributed by atoms with van der Waals surface area (Å²) in [6.45, 7) is 3.24. The van der Waals surface area contributed by atoms with Crippen LogP contribution in [0.25, 0.3) is 0 Å². The van der Waals surface area contributed by atoms with Crippen molar-refractivity contribution in [3.63, 3.8) is 0 Å². The number of aromatic nitrogens is 1. The summed E-state index contributed by atoms with van der Waals surface area (Å²) in [5.74, 6) is 1.08. The number of hydrogen-bond donors (Lipinski definition) is 1. The molecule has 0 aromatic carbocycles. The van der Waals surface area contributed by atoms with E-state index in [9.17, 15) is 0 Å².